The normalized spacial score (nSPS) is 23.2. The van der Waals surface area contributed by atoms with E-state index in [1.54, 1.807) is 19.1 Å². The van der Waals surface area contributed by atoms with Gasteiger partial charge in [0.15, 0.2) is 6.04 Å². The number of hydrogen-bond acceptors (Lipinski definition) is 2. The van der Waals surface area contributed by atoms with E-state index in [4.69, 9.17) is 9.47 Å². The Morgan fingerprint density at radius 3 is 2.33 bits per heavy atom. The highest BCUT2D eigenvalue weighted by Crippen LogP contribution is 2.34. The Morgan fingerprint density at radius 1 is 1.00 bits per heavy atom. The van der Waals surface area contributed by atoms with E-state index in [1.165, 1.54) is 49.9 Å². The van der Waals surface area contributed by atoms with E-state index in [1.807, 2.05) is 6.07 Å². The minimum Gasteiger partial charge on any atom is -0.496 e. The third-order valence-corrected chi connectivity index (χ3v) is 5.05. The molecule has 1 fully saturated rings. The Balaban J connectivity index is 1.98. The average Bonchev–Trinajstić information content (AvgIpc) is 2.82. The van der Waals surface area contributed by atoms with E-state index in [-0.39, 0.29) is 0 Å². The lowest BCUT2D eigenvalue weighted by Gasteiger charge is -2.32. The van der Waals surface area contributed by atoms with Crippen LogP contribution in [-0.4, -0.2) is 33.9 Å². The number of fused-ring (bicyclic) bond motifs is 1. The van der Waals surface area contributed by atoms with Crippen LogP contribution < -0.4 is 19.7 Å². The number of rotatable bonds is 3. The molecule has 0 bridgehead atoms. The van der Waals surface area contributed by atoms with Gasteiger partial charge in [-0.25, -0.2) is 0 Å². The number of methoxy groups -OCH3 is 2. The molecule has 4 nitrogen and oxygen atoms in total. The molecule has 0 unspecified atom stereocenters. The minimum atomic E-state index is 0.539. The second-order valence-electron chi connectivity index (χ2n) is 6.22. The molecule has 1 aromatic carbocycles. The highest BCUT2D eigenvalue weighted by Gasteiger charge is 2.36. The Bertz CT molecular complexity index is 482. The van der Waals surface area contributed by atoms with Crippen LogP contribution in [0.25, 0.3) is 0 Å². The molecule has 1 aromatic rings. The third kappa shape index (κ3) is 2.87. The molecule has 2 aliphatic heterocycles. The van der Waals surface area contributed by atoms with Crippen molar-refractivity contribution >= 4 is 0 Å². The first-order chi connectivity index (χ1) is 10.3. The van der Waals surface area contributed by atoms with Crippen molar-refractivity contribution in [2.45, 2.75) is 38.3 Å². The third-order valence-electron chi connectivity index (χ3n) is 5.05. The Hall–Kier alpha value is -1.26. The second kappa shape index (κ2) is 6.67. The predicted molar refractivity (Wildman–Crippen MR) is 81.9 cm³/mol. The van der Waals surface area contributed by atoms with Crippen molar-refractivity contribution in [1.82, 2.24) is 0 Å². The molecule has 4 heteroatoms. The van der Waals surface area contributed by atoms with Gasteiger partial charge in [-0.2, -0.15) is 0 Å². The van der Waals surface area contributed by atoms with E-state index < -0.39 is 0 Å². The summed E-state index contributed by atoms with van der Waals surface area (Å²) in [7, 11) is 3.56. The summed E-state index contributed by atoms with van der Waals surface area (Å²) in [4.78, 5) is 1.73. The summed E-state index contributed by atoms with van der Waals surface area (Å²) in [5.74, 6) is 2.06. The van der Waals surface area contributed by atoms with E-state index in [2.05, 4.69) is 11.4 Å². The number of benzene rings is 1. The fraction of sp³-hybridized carbons (Fsp3) is 0.647. The molecule has 0 amide bonds. The van der Waals surface area contributed by atoms with Crippen LogP contribution in [0, 0.1) is 0 Å². The lowest BCUT2D eigenvalue weighted by molar-refractivity contribution is -0.947. The zero-order valence-corrected chi connectivity index (χ0v) is 13.3. The van der Waals surface area contributed by atoms with E-state index in [9.17, 15) is 0 Å². The molecule has 0 radical (unpaired) electrons. The molecule has 2 heterocycles. The van der Waals surface area contributed by atoms with Crippen molar-refractivity contribution < 1.29 is 19.7 Å². The highest BCUT2D eigenvalue weighted by atomic mass is 16.5. The van der Waals surface area contributed by atoms with Crippen molar-refractivity contribution in [3.05, 3.63) is 23.3 Å². The summed E-state index contributed by atoms with van der Waals surface area (Å²) in [5.41, 5.74) is 2.74. The van der Waals surface area contributed by atoms with E-state index in [0.717, 1.165) is 24.6 Å². The average molecular weight is 292 g/mol. The fourth-order valence-electron chi connectivity index (χ4n) is 4.00. The van der Waals surface area contributed by atoms with Crippen LogP contribution in [0.2, 0.25) is 0 Å². The summed E-state index contributed by atoms with van der Waals surface area (Å²) < 4.78 is 11.3. The summed E-state index contributed by atoms with van der Waals surface area (Å²) in [6.07, 6.45) is 5.49. The van der Waals surface area contributed by atoms with Crippen LogP contribution in [0.4, 0.5) is 0 Å². The number of likely N-dealkylation sites (tertiary alicyclic amines) is 1. The van der Waals surface area contributed by atoms with Crippen LogP contribution in [-0.2, 0) is 6.54 Å². The predicted octanol–water partition coefficient (Wildman–Crippen LogP) is 0.281. The van der Waals surface area contributed by atoms with Crippen LogP contribution in [0.3, 0.4) is 0 Å². The lowest BCUT2D eigenvalue weighted by atomic mass is 9.93. The Labute approximate surface area is 127 Å². The first-order valence-corrected chi connectivity index (χ1v) is 8.25. The van der Waals surface area contributed by atoms with Gasteiger partial charge in [0.2, 0.25) is 0 Å². The monoisotopic (exact) mass is 292 g/mol. The summed E-state index contributed by atoms with van der Waals surface area (Å²) >= 11 is 0. The molecule has 0 aliphatic carbocycles. The maximum atomic E-state index is 5.68. The largest absolute Gasteiger partial charge is 0.496 e. The first-order valence-electron chi connectivity index (χ1n) is 8.25. The molecule has 1 atom stereocenters. The van der Waals surface area contributed by atoms with Crippen molar-refractivity contribution in [2.75, 3.05) is 33.9 Å². The second-order valence-corrected chi connectivity index (χ2v) is 6.22. The van der Waals surface area contributed by atoms with Gasteiger partial charge in [0.05, 0.1) is 38.4 Å². The fourth-order valence-corrected chi connectivity index (χ4v) is 4.00. The van der Waals surface area contributed by atoms with Gasteiger partial charge in [-0.1, -0.05) is 0 Å². The zero-order chi connectivity index (χ0) is 14.7. The highest BCUT2D eigenvalue weighted by molar-refractivity contribution is 5.50. The number of quaternary nitrogens is 2. The molecule has 0 aromatic heterocycles. The topological polar surface area (TPSA) is 39.5 Å². The number of hydrogen-bond donors (Lipinski definition) is 2. The van der Waals surface area contributed by atoms with Crippen molar-refractivity contribution in [2.24, 2.45) is 0 Å². The maximum Gasteiger partial charge on any atom is 0.167 e. The molecule has 116 valence electrons. The first kappa shape index (κ1) is 14.7. The standard InChI is InChI=1S/C17H26N2O2/c1-20-15-7-8-16(21-2)17-13(15)11-18-12-14(17)19-9-5-3-4-6-10-19/h7-8,14,18H,3-6,9-12H2,1-2H3/p+2/t14-/m0/s1. The molecule has 3 rings (SSSR count). The van der Waals surface area contributed by atoms with E-state index in [0.29, 0.717) is 6.04 Å². The van der Waals surface area contributed by atoms with Gasteiger partial charge in [0.1, 0.15) is 24.6 Å². The van der Waals surface area contributed by atoms with Crippen LogP contribution in [0.1, 0.15) is 42.9 Å². The molecule has 0 spiro atoms. The van der Waals surface area contributed by atoms with Gasteiger partial charge in [-0.05, 0) is 37.8 Å². The van der Waals surface area contributed by atoms with Gasteiger partial charge < -0.3 is 19.7 Å². The molecule has 1 saturated heterocycles. The molecular formula is C17H28N2O2+2. The molecule has 3 N–H and O–H groups in total. The number of ether oxygens (including phenoxy) is 2. The molecule has 0 saturated carbocycles. The smallest absolute Gasteiger partial charge is 0.167 e. The van der Waals surface area contributed by atoms with Crippen molar-refractivity contribution in [3.63, 3.8) is 0 Å². The SMILES string of the molecule is COc1ccc(OC)c2c1C[NH2+]C[C@@H]2[NH+]1CCCCCC1. The van der Waals surface area contributed by atoms with Crippen molar-refractivity contribution in [1.29, 1.82) is 0 Å². The Kier molecular flexibility index (Phi) is 4.66. The van der Waals surface area contributed by atoms with Gasteiger partial charge in [0, 0.05) is 0 Å². The molecular weight excluding hydrogens is 264 g/mol. The molecule has 21 heavy (non-hydrogen) atoms. The number of nitrogens with two attached hydrogens (primary N) is 1. The van der Waals surface area contributed by atoms with Gasteiger partial charge in [0.25, 0.3) is 0 Å². The zero-order valence-electron chi connectivity index (χ0n) is 13.3. The van der Waals surface area contributed by atoms with Crippen LogP contribution in [0.15, 0.2) is 12.1 Å². The molecule has 2 aliphatic rings. The quantitative estimate of drug-likeness (QED) is 0.840. The lowest BCUT2D eigenvalue weighted by Crippen LogP contribution is -3.15. The Morgan fingerprint density at radius 2 is 1.67 bits per heavy atom. The minimum absolute atomic E-state index is 0.539. The van der Waals surface area contributed by atoms with Gasteiger partial charge in [-0.15, -0.1) is 0 Å². The van der Waals surface area contributed by atoms with Gasteiger partial charge in [-0.3, -0.25) is 0 Å². The van der Waals surface area contributed by atoms with Crippen LogP contribution in [0.5, 0.6) is 11.5 Å². The van der Waals surface area contributed by atoms with Crippen LogP contribution >= 0.6 is 0 Å². The van der Waals surface area contributed by atoms with Gasteiger partial charge >= 0.3 is 0 Å². The summed E-state index contributed by atoms with van der Waals surface area (Å²) in [6.45, 7) is 4.74. The van der Waals surface area contributed by atoms with Crippen molar-refractivity contribution in [3.8, 4) is 11.5 Å². The number of nitrogens with one attached hydrogen (secondary N) is 1. The summed E-state index contributed by atoms with van der Waals surface area (Å²) in [5, 5.41) is 2.42. The summed E-state index contributed by atoms with van der Waals surface area (Å²) in [6, 6.07) is 4.66. The van der Waals surface area contributed by atoms with E-state index >= 15 is 0 Å². The maximum absolute atomic E-state index is 5.68.